The van der Waals surface area contributed by atoms with Crippen LogP contribution in [0.4, 0.5) is 0 Å². The fraction of sp³-hybridized carbons (Fsp3) is 0.600. The van der Waals surface area contributed by atoms with E-state index in [1.165, 1.54) is 7.11 Å². The van der Waals surface area contributed by atoms with E-state index in [0.29, 0.717) is 68.0 Å². The monoisotopic (exact) mass is 703 g/mol. The summed E-state index contributed by atoms with van der Waals surface area (Å²) in [5.41, 5.74) is -2.43. The number of ether oxygens (including phenoxy) is 5. The Morgan fingerprint density at radius 3 is 2.47 bits per heavy atom. The molecule has 11 heteroatoms. The molecule has 8 rings (SSSR count). The second-order valence-electron chi connectivity index (χ2n) is 16.0. The number of hydrogen-bond acceptors (Lipinski definition) is 11. The molecule has 11 nitrogen and oxygen atoms in total. The highest BCUT2D eigenvalue weighted by atomic mass is 16.6. The summed E-state index contributed by atoms with van der Waals surface area (Å²) in [4.78, 5) is 56.9. The number of carbonyl (C=O) groups is 4. The molecule has 4 aliphatic heterocycles. The molecule has 4 heterocycles. The Morgan fingerprint density at radius 2 is 1.80 bits per heavy atom. The van der Waals surface area contributed by atoms with Crippen LogP contribution < -0.4 is 9.47 Å². The molecule has 1 N–H and O–H groups in total. The van der Waals surface area contributed by atoms with Gasteiger partial charge < -0.3 is 33.6 Å². The Labute approximate surface area is 299 Å². The predicted molar refractivity (Wildman–Crippen MR) is 187 cm³/mol. The summed E-state index contributed by atoms with van der Waals surface area (Å²) in [6.45, 7) is 13.4. The van der Waals surface area contributed by atoms with Gasteiger partial charge in [0, 0.05) is 54.9 Å². The first kappa shape index (κ1) is 35.6. The first-order valence-corrected chi connectivity index (χ1v) is 18.1. The van der Waals surface area contributed by atoms with Gasteiger partial charge in [0.25, 0.3) is 0 Å². The van der Waals surface area contributed by atoms with E-state index in [1.807, 2.05) is 46.8 Å². The average molecular weight is 704 g/mol. The molecule has 7 atom stereocenters. The van der Waals surface area contributed by atoms with Gasteiger partial charge in [-0.15, -0.1) is 0 Å². The van der Waals surface area contributed by atoms with E-state index in [0.717, 1.165) is 11.9 Å². The highest BCUT2D eigenvalue weighted by Gasteiger charge is 2.85. The number of esters is 1. The third kappa shape index (κ3) is 5.09. The Bertz CT molecular complexity index is 1780. The van der Waals surface area contributed by atoms with Gasteiger partial charge in [0.05, 0.1) is 37.4 Å². The number of hydrogen-bond donors (Lipinski definition) is 1. The summed E-state index contributed by atoms with van der Waals surface area (Å²) in [7, 11) is 1.31. The van der Waals surface area contributed by atoms with E-state index >= 15 is 9.59 Å². The number of ketones is 2. The molecule has 1 aromatic rings. The Morgan fingerprint density at radius 1 is 1.08 bits per heavy atom. The molecule has 1 spiro atoms. The smallest absolute Gasteiger partial charge is 0.333 e. The topological polar surface area (TPSA) is 138 Å². The van der Waals surface area contributed by atoms with Gasteiger partial charge in [0.1, 0.15) is 34.7 Å². The standard InChI is InChI=1S/C40H49NO10/c1-22(2)9-10-25-33-24(12-14-38(6,49-33)13-8-18-42)31(43)28-32(44)29-30(41-16-19-48-20-17-41)26-21-27-37(4,5)51-39(35(26)45,40(27,29)50-34(25)28)15-11-23(3)36(46)47-7/h9,11-12,14,18,26-27,29-30,43H,8,10,13,15-17,19-21H2,1-7H3/b23-11-. The Kier molecular flexibility index (Phi) is 8.66. The molecule has 51 heavy (non-hydrogen) atoms. The molecule has 274 valence electrons. The zero-order valence-electron chi connectivity index (χ0n) is 30.6. The lowest BCUT2D eigenvalue weighted by molar-refractivity contribution is -0.216. The zero-order chi connectivity index (χ0) is 36.7. The zero-order valence-corrected chi connectivity index (χ0v) is 30.6. The van der Waals surface area contributed by atoms with Gasteiger partial charge in [-0.05, 0) is 73.0 Å². The summed E-state index contributed by atoms with van der Waals surface area (Å²) in [6.07, 6.45) is 9.60. The van der Waals surface area contributed by atoms with Gasteiger partial charge in [-0.1, -0.05) is 17.7 Å². The lowest BCUT2D eigenvalue weighted by Gasteiger charge is -2.64. The Balaban J connectivity index is 1.50. The fourth-order valence-corrected chi connectivity index (χ4v) is 9.96. The maximum atomic E-state index is 15.6. The molecule has 0 aromatic heterocycles. The minimum absolute atomic E-state index is 0.00136. The van der Waals surface area contributed by atoms with E-state index in [4.69, 9.17) is 23.7 Å². The first-order chi connectivity index (χ1) is 24.2. The number of allylic oxidation sites excluding steroid dienone is 2. The van der Waals surface area contributed by atoms with Crippen molar-refractivity contribution in [3.05, 3.63) is 46.1 Å². The maximum Gasteiger partial charge on any atom is 0.333 e. The van der Waals surface area contributed by atoms with Crippen LogP contribution in [0.1, 0.15) is 88.7 Å². The van der Waals surface area contributed by atoms with E-state index in [2.05, 4.69) is 4.90 Å². The molecule has 0 amide bonds. The Hall–Kier alpha value is -3.80. The molecule has 7 unspecified atom stereocenters. The van der Waals surface area contributed by atoms with Crippen LogP contribution in [-0.2, 0) is 35.0 Å². The number of phenols is 1. The van der Waals surface area contributed by atoms with Crippen molar-refractivity contribution >= 4 is 29.9 Å². The lowest BCUT2D eigenvalue weighted by atomic mass is 9.44. The van der Waals surface area contributed by atoms with Gasteiger partial charge in [-0.2, -0.15) is 0 Å². The van der Waals surface area contributed by atoms with Crippen molar-refractivity contribution < 1.29 is 48.0 Å². The van der Waals surface area contributed by atoms with Crippen LogP contribution in [0.3, 0.4) is 0 Å². The number of methoxy groups -OCH3 is 1. The number of carbonyl (C=O) groups excluding carboxylic acids is 4. The number of nitrogens with zero attached hydrogens (tertiary/aromatic N) is 1. The van der Waals surface area contributed by atoms with Crippen LogP contribution in [0.15, 0.2) is 29.4 Å². The number of rotatable bonds is 9. The van der Waals surface area contributed by atoms with Crippen molar-refractivity contribution in [1.82, 2.24) is 4.90 Å². The third-order valence-electron chi connectivity index (χ3n) is 12.3. The molecule has 2 saturated heterocycles. The molecule has 1 aromatic carbocycles. The van der Waals surface area contributed by atoms with Gasteiger partial charge in [0.2, 0.25) is 0 Å². The van der Waals surface area contributed by atoms with Crippen LogP contribution >= 0.6 is 0 Å². The minimum Gasteiger partial charge on any atom is -0.506 e. The van der Waals surface area contributed by atoms with Crippen molar-refractivity contribution in [1.29, 1.82) is 0 Å². The van der Waals surface area contributed by atoms with Crippen LogP contribution in [0, 0.1) is 17.8 Å². The average Bonchev–Trinajstić information content (AvgIpc) is 3.25. The van der Waals surface area contributed by atoms with Crippen LogP contribution in [-0.4, -0.2) is 95.7 Å². The number of aldehydes is 1. The first-order valence-electron chi connectivity index (χ1n) is 18.1. The molecular weight excluding hydrogens is 654 g/mol. The molecular formula is C40H49NO10. The second kappa shape index (κ2) is 12.4. The van der Waals surface area contributed by atoms with Gasteiger partial charge in [-0.25, -0.2) is 4.79 Å². The second-order valence-corrected chi connectivity index (χ2v) is 16.0. The molecule has 3 saturated carbocycles. The van der Waals surface area contributed by atoms with E-state index in [-0.39, 0.29) is 47.4 Å². The lowest BCUT2D eigenvalue weighted by Crippen LogP contribution is -2.82. The number of phenolic OH excluding ortho intramolecular Hbond substituents is 1. The van der Waals surface area contributed by atoms with E-state index in [9.17, 15) is 14.7 Å². The van der Waals surface area contributed by atoms with Crippen molar-refractivity contribution in [3.8, 4) is 17.2 Å². The van der Waals surface area contributed by atoms with Crippen molar-refractivity contribution in [2.45, 2.75) is 102 Å². The molecule has 7 aliphatic rings. The highest BCUT2D eigenvalue weighted by Crippen LogP contribution is 2.71. The maximum absolute atomic E-state index is 15.6. The van der Waals surface area contributed by atoms with Crippen molar-refractivity contribution in [3.63, 3.8) is 0 Å². The normalized spacial score (nSPS) is 34.5. The van der Waals surface area contributed by atoms with Crippen molar-refractivity contribution in [2.75, 3.05) is 33.4 Å². The number of morpholine rings is 1. The fourth-order valence-electron chi connectivity index (χ4n) is 9.96. The molecule has 5 fully saturated rings. The summed E-state index contributed by atoms with van der Waals surface area (Å²) in [5, 5.41) is 12.1. The van der Waals surface area contributed by atoms with Crippen molar-refractivity contribution in [2.24, 2.45) is 17.8 Å². The summed E-state index contributed by atoms with van der Waals surface area (Å²) in [6, 6.07) is -0.510. The number of aromatic hydroxyl groups is 1. The number of Topliss-reactive ketones (excluding diaryl/α,β-unsaturated/α-hetero) is 2. The van der Waals surface area contributed by atoms with Crippen LogP contribution in [0.25, 0.3) is 6.08 Å². The van der Waals surface area contributed by atoms with Crippen LogP contribution in [0.2, 0.25) is 0 Å². The summed E-state index contributed by atoms with van der Waals surface area (Å²) >= 11 is 0. The van der Waals surface area contributed by atoms with E-state index < -0.39 is 46.3 Å². The minimum atomic E-state index is -1.61. The highest BCUT2D eigenvalue weighted by molar-refractivity contribution is 6.10. The molecule has 0 radical (unpaired) electrons. The third-order valence-corrected chi connectivity index (χ3v) is 12.3. The largest absolute Gasteiger partial charge is 0.506 e. The summed E-state index contributed by atoms with van der Waals surface area (Å²) in [5.74, 6) is -2.42. The molecule has 3 aliphatic carbocycles. The predicted octanol–water partition coefficient (Wildman–Crippen LogP) is 4.95. The quantitative estimate of drug-likeness (QED) is 0.162. The SMILES string of the molecule is COC(=O)/C(C)=C\CC12OC(C)(C)C3CC(C1=O)C(N1CCOCC1)C1C(=O)c4c(O)c5c(c(CC=C(C)C)c4OC132)OC(C)(CCC=O)C=C5. The van der Waals surface area contributed by atoms with Gasteiger partial charge in [0.15, 0.2) is 22.8 Å². The summed E-state index contributed by atoms with van der Waals surface area (Å²) < 4.78 is 31.8. The van der Waals surface area contributed by atoms with E-state index in [1.54, 1.807) is 19.1 Å². The molecule has 4 bridgehead atoms. The van der Waals surface area contributed by atoms with Gasteiger partial charge in [-0.3, -0.25) is 14.5 Å². The number of fused-ring (bicyclic) bond motifs is 2. The van der Waals surface area contributed by atoms with Gasteiger partial charge >= 0.3 is 5.97 Å². The number of benzene rings is 1. The van der Waals surface area contributed by atoms with Crippen LogP contribution in [0.5, 0.6) is 17.2 Å².